The lowest BCUT2D eigenvalue weighted by molar-refractivity contribution is -0.129. The van der Waals surface area contributed by atoms with Gasteiger partial charge in [0.15, 0.2) is 0 Å². The van der Waals surface area contributed by atoms with Crippen LogP contribution in [0, 0.1) is 0 Å². The number of aromatic nitrogens is 4. The third kappa shape index (κ3) is 4.98. The van der Waals surface area contributed by atoms with Crippen molar-refractivity contribution in [2.75, 3.05) is 37.2 Å². The van der Waals surface area contributed by atoms with Crippen molar-refractivity contribution in [1.29, 1.82) is 0 Å². The van der Waals surface area contributed by atoms with Crippen LogP contribution in [0.1, 0.15) is 5.76 Å². The summed E-state index contributed by atoms with van der Waals surface area (Å²) in [5, 5.41) is 15.0. The molecule has 4 rings (SSSR count). The predicted octanol–water partition coefficient (Wildman–Crippen LogP) is 1.78. The molecule has 0 bridgehead atoms. The number of hydrogen-bond donors (Lipinski definition) is 1. The van der Waals surface area contributed by atoms with Crippen LogP contribution in [0.25, 0.3) is 0 Å². The standard InChI is InChI=1S/C19H21N7O3S/c27-17(14-30-19-21-22-23-26(19)13-16-7-4-12-29-16)24-8-10-25(11-9-24)18(28)20-15-5-2-1-3-6-15/h1-7,12H,8-11,13-14H2,(H,20,28). The highest BCUT2D eigenvalue weighted by molar-refractivity contribution is 7.99. The van der Waals surface area contributed by atoms with Gasteiger partial charge < -0.3 is 19.5 Å². The molecule has 0 aliphatic carbocycles. The van der Waals surface area contributed by atoms with Crippen molar-refractivity contribution < 1.29 is 14.0 Å². The highest BCUT2D eigenvalue weighted by atomic mass is 32.2. The quantitative estimate of drug-likeness (QED) is 0.597. The van der Waals surface area contributed by atoms with Crippen LogP contribution in [0.2, 0.25) is 0 Å². The molecule has 2 aromatic heterocycles. The van der Waals surface area contributed by atoms with Crippen molar-refractivity contribution in [1.82, 2.24) is 30.0 Å². The number of nitrogens with one attached hydrogen (secondary N) is 1. The molecule has 1 aliphatic rings. The van der Waals surface area contributed by atoms with Crippen LogP contribution in [0.4, 0.5) is 10.5 Å². The number of nitrogens with zero attached hydrogens (tertiary/aromatic N) is 6. The van der Waals surface area contributed by atoms with Gasteiger partial charge in [0.1, 0.15) is 12.3 Å². The van der Waals surface area contributed by atoms with Crippen molar-refractivity contribution in [3.8, 4) is 0 Å². The number of tetrazole rings is 1. The summed E-state index contributed by atoms with van der Waals surface area (Å²) in [4.78, 5) is 28.4. The van der Waals surface area contributed by atoms with Gasteiger partial charge in [0, 0.05) is 31.9 Å². The first-order chi connectivity index (χ1) is 14.7. The van der Waals surface area contributed by atoms with Crippen LogP contribution in [0.5, 0.6) is 0 Å². The van der Waals surface area contributed by atoms with Crippen molar-refractivity contribution in [3.63, 3.8) is 0 Å². The van der Waals surface area contributed by atoms with Gasteiger partial charge in [-0.15, -0.1) is 5.10 Å². The first-order valence-corrected chi connectivity index (χ1v) is 10.5. The Hall–Kier alpha value is -3.34. The maximum atomic E-state index is 12.6. The Morgan fingerprint density at radius 2 is 1.80 bits per heavy atom. The summed E-state index contributed by atoms with van der Waals surface area (Å²) in [6, 6.07) is 12.8. The Balaban J connectivity index is 1.23. The zero-order valence-electron chi connectivity index (χ0n) is 16.2. The summed E-state index contributed by atoms with van der Waals surface area (Å²) in [6.07, 6.45) is 1.59. The fourth-order valence-electron chi connectivity index (χ4n) is 3.05. The molecule has 1 aliphatic heterocycles. The van der Waals surface area contributed by atoms with Crippen molar-refractivity contribution in [2.45, 2.75) is 11.7 Å². The summed E-state index contributed by atoms with van der Waals surface area (Å²) in [5.41, 5.74) is 0.754. The zero-order valence-corrected chi connectivity index (χ0v) is 17.0. The Morgan fingerprint density at radius 1 is 1.03 bits per heavy atom. The van der Waals surface area contributed by atoms with E-state index in [1.807, 2.05) is 36.4 Å². The Labute approximate surface area is 177 Å². The smallest absolute Gasteiger partial charge is 0.321 e. The molecule has 0 atom stereocenters. The molecule has 3 amide bonds. The highest BCUT2D eigenvalue weighted by Crippen LogP contribution is 2.17. The monoisotopic (exact) mass is 427 g/mol. The molecule has 1 fully saturated rings. The van der Waals surface area contributed by atoms with E-state index in [1.165, 1.54) is 11.8 Å². The number of piperazine rings is 1. The van der Waals surface area contributed by atoms with Gasteiger partial charge in [0.25, 0.3) is 0 Å². The third-order valence-corrected chi connectivity index (χ3v) is 5.60. The number of carbonyl (C=O) groups is 2. The molecule has 10 nitrogen and oxygen atoms in total. The van der Waals surface area contributed by atoms with Gasteiger partial charge in [-0.25, -0.2) is 9.48 Å². The molecule has 0 saturated carbocycles. The number of hydrogen-bond acceptors (Lipinski definition) is 7. The van der Waals surface area contributed by atoms with Crippen LogP contribution in [0.3, 0.4) is 0 Å². The molecule has 156 valence electrons. The average molecular weight is 427 g/mol. The lowest BCUT2D eigenvalue weighted by Gasteiger charge is -2.34. The van der Waals surface area contributed by atoms with E-state index in [9.17, 15) is 9.59 Å². The molecule has 1 N–H and O–H groups in total. The number of thioether (sulfide) groups is 1. The predicted molar refractivity (Wildman–Crippen MR) is 110 cm³/mol. The minimum atomic E-state index is -0.153. The number of amides is 3. The van der Waals surface area contributed by atoms with E-state index in [1.54, 1.807) is 26.8 Å². The van der Waals surface area contributed by atoms with Gasteiger partial charge in [-0.1, -0.05) is 30.0 Å². The number of anilines is 1. The van der Waals surface area contributed by atoms with Gasteiger partial charge in [0.2, 0.25) is 11.1 Å². The second-order valence-electron chi connectivity index (χ2n) is 6.65. The minimum Gasteiger partial charge on any atom is -0.467 e. The molecule has 0 radical (unpaired) electrons. The lowest BCUT2D eigenvalue weighted by atomic mass is 10.3. The molecule has 1 saturated heterocycles. The van der Waals surface area contributed by atoms with Crippen molar-refractivity contribution >= 4 is 29.4 Å². The van der Waals surface area contributed by atoms with Crippen LogP contribution in [-0.4, -0.2) is 73.9 Å². The van der Waals surface area contributed by atoms with E-state index in [-0.39, 0.29) is 17.7 Å². The Kier molecular flexibility index (Phi) is 6.28. The summed E-state index contributed by atoms with van der Waals surface area (Å²) in [7, 11) is 0. The lowest BCUT2D eigenvalue weighted by Crippen LogP contribution is -2.52. The first-order valence-electron chi connectivity index (χ1n) is 9.49. The van der Waals surface area contributed by atoms with Gasteiger partial charge in [-0.05, 0) is 34.7 Å². The maximum absolute atomic E-state index is 12.6. The summed E-state index contributed by atoms with van der Waals surface area (Å²) in [6.45, 7) is 2.39. The van der Waals surface area contributed by atoms with Crippen molar-refractivity contribution in [2.24, 2.45) is 0 Å². The molecule has 0 unspecified atom stereocenters. The average Bonchev–Trinajstić information content (AvgIpc) is 3.45. The summed E-state index contributed by atoms with van der Waals surface area (Å²) < 4.78 is 6.91. The fraction of sp³-hybridized carbons (Fsp3) is 0.316. The molecule has 11 heteroatoms. The topological polar surface area (TPSA) is 109 Å². The molecule has 30 heavy (non-hydrogen) atoms. The first kappa shape index (κ1) is 20.0. The second kappa shape index (κ2) is 9.44. The molecule has 0 spiro atoms. The third-order valence-electron chi connectivity index (χ3n) is 4.65. The number of urea groups is 1. The fourth-order valence-corrected chi connectivity index (χ4v) is 3.83. The molecule has 3 heterocycles. The number of carbonyl (C=O) groups excluding carboxylic acids is 2. The van der Waals surface area contributed by atoms with Crippen LogP contribution in [-0.2, 0) is 11.3 Å². The Morgan fingerprint density at radius 3 is 2.53 bits per heavy atom. The van der Waals surface area contributed by atoms with Crippen molar-refractivity contribution in [3.05, 3.63) is 54.5 Å². The van der Waals surface area contributed by atoms with Gasteiger partial charge in [-0.2, -0.15) is 0 Å². The van der Waals surface area contributed by atoms with E-state index >= 15 is 0 Å². The van der Waals surface area contributed by atoms with Crippen LogP contribution >= 0.6 is 11.8 Å². The number of furan rings is 1. The summed E-state index contributed by atoms with van der Waals surface area (Å²) >= 11 is 1.29. The Bertz CT molecular complexity index is 969. The van der Waals surface area contributed by atoms with Crippen LogP contribution in [0.15, 0.2) is 58.3 Å². The van der Waals surface area contributed by atoms with E-state index in [0.717, 1.165) is 11.4 Å². The second-order valence-corrected chi connectivity index (χ2v) is 7.59. The maximum Gasteiger partial charge on any atom is 0.321 e. The van der Waals surface area contributed by atoms with Gasteiger partial charge in [-0.3, -0.25) is 4.79 Å². The van der Waals surface area contributed by atoms with E-state index in [4.69, 9.17) is 4.42 Å². The number of benzene rings is 1. The highest BCUT2D eigenvalue weighted by Gasteiger charge is 2.24. The SMILES string of the molecule is O=C(CSc1nnnn1Cc1ccco1)N1CCN(C(=O)Nc2ccccc2)CC1. The largest absolute Gasteiger partial charge is 0.467 e. The number of para-hydroxylation sites is 1. The molecular formula is C19H21N7O3S. The minimum absolute atomic E-state index is 0.00401. The van der Waals surface area contributed by atoms with Gasteiger partial charge in [0.05, 0.1) is 12.0 Å². The molecular weight excluding hydrogens is 406 g/mol. The normalized spacial score (nSPS) is 14.0. The summed E-state index contributed by atoms with van der Waals surface area (Å²) in [5.74, 6) is 0.963. The number of rotatable bonds is 6. The zero-order chi connectivity index (χ0) is 20.8. The van der Waals surface area contributed by atoms with Crippen LogP contribution < -0.4 is 5.32 Å². The van der Waals surface area contributed by atoms with E-state index in [0.29, 0.717) is 37.9 Å². The van der Waals surface area contributed by atoms with E-state index < -0.39 is 0 Å². The van der Waals surface area contributed by atoms with E-state index in [2.05, 4.69) is 20.8 Å². The van der Waals surface area contributed by atoms with Gasteiger partial charge >= 0.3 is 6.03 Å². The molecule has 3 aromatic rings. The molecule has 1 aromatic carbocycles.